The molecule has 0 fully saturated rings. The fourth-order valence-corrected chi connectivity index (χ4v) is 1.40. The number of aliphatic carboxylic acids is 1. The average molecular weight is 247 g/mol. The van der Waals surface area contributed by atoms with Crippen LogP contribution in [0.4, 0.5) is 13.2 Å². The van der Waals surface area contributed by atoms with E-state index in [1.54, 1.807) is 24.3 Å². The summed E-state index contributed by atoms with van der Waals surface area (Å²) >= 11 is 0. The first-order valence-electron chi connectivity index (χ1n) is 4.94. The topological polar surface area (TPSA) is 49.3 Å². The minimum atomic E-state index is -4.26. The lowest BCUT2D eigenvalue weighted by atomic mass is 10.0. The molecule has 0 aliphatic heterocycles. The van der Waals surface area contributed by atoms with Gasteiger partial charge in [0.05, 0.1) is 13.0 Å². The summed E-state index contributed by atoms with van der Waals surface area (Å²) < 4.78 is 35.7. The third-order valence-electron chi connectivity index (χ3n) is 2.10. The molecule has 0 unspecified atom stereocenters. The molecule has 0 heterocycles. The van der Waals surface area contributed by atoms with E-state index in [2.05, 4.69) is 5.32 Å². The van der Waals surface area contributed by atoms with Gasteiger partial charge in [0.2, 0.25) is 0 Å². The van der Waals surface area contributed by atoms with Gasteiger partial charge in [0.1, 0.15) is 0 Å². The van der Waals surface area contributed by atoms with Crippen LogP contribution >= 0.6 is 0 Å². The Balaban J connectivity index is 2.61. The zero-order valence-corrected chi connectivity index (χ0v) is 8.92. The van der Waals surface area contributed by atoms with Crippen molar-refractivity contribution < 1.29 is 23.1 Å². The van der Waals surface area contributed by atoms with Gasteiger partial charge in [-0.15, -0.1) is 0 Å². The molecule has 1 aromatic rings. The number of alkyl halides is 3. The quantitative estimate of drug-likeness (QED) is 0.836. The van der Waals surface area contributed by atoms with Crippen molar-refractivity contribution in [1.29, 1.82) is 0 Å². The SMILES string of the molecule is O=C(O)Cc1ccccc1CNCC(F)(F)F. The number of carboxylic acid groups (broad SMARTS) is 1. The second-order valence-corrected chi connectivity index (χ2v) is 3.56. The molecule has 1 rings (SSSR count). The van der Waals surface area contributed by atoms with Gasteiger partial charge in [0.15, 0.2) is 0 Å². The average Bonchev–Trinajstić information content (AvgIpc) is 2.18. The molecule has 2 N–H and O–H groups in total. The van der Waals surface area contributed by atoms with Crippen LogP contribution in [0.3, 0.4) is 0 Å². The van der Waals surface area contributed by atoms with E-state index in [9.17, 15) is 18.0 Å². The van der Waals surface area contributed by atoms with E-state index in [1.165, 1.54) is 0 Å². The lowest BCUT2D eigenvalue weighted by molar-refractivity contribution is -0.136. The van der Waals surface area contributed by atoms with Crippen LogP contribution in [0.2, 0.25) is 0 Å². The maximum absolute atomic E-state index is 11.9. The Morgan fingerprint density at radius 2 is 1.82 bits per heavy atom. The molecule has 0 spiro atoms. The van der Waals surface area contributed by atoms with Crippen LogP contribution in [-0.4, -0.2) is 23.8 Å². The van der Waals surface area contributed by atoms with Crippen LogP contribution in [0.15, 0.2) is 24.3 Å². The summed E-state index contributed by atoms with van der Waals surface area (Å²) in [7, 11) is 0. The Kier molecular flexibility index (Phi) is 4.51. The van der Waals surface area contributed by atoms with Gasteiger partial charge in [0, 0.05) is 6.54 Å². The highest BCUT2D eigenvalue weighted by Gasteiger charge is 2.26. The van der Waals surface area contributed by atoms with Crippen molar-refractivity contribution >= 4 is 5.97 Å². The van der Waals surface area contributed by atoms with Gasteiger partial charge in [-0.05, 0) is 11.1 Å². The van der Waals surface area contributed by atoms with Gasteiger partial charge in [-0.1, -0.05) is 24.3 Å². The lowest BCUT2D eigenvalue weighted by Gasteiger charge is -2.10. The van der Waals surface area contributed by atoms with Crippen LogP contribution in [0.1, 0.15) is 11.1 Å². The van der Waals surface area contributed by atoms with Crippen LogP contribution in [0.25, 0.3) is 0 Å². The molecule has 0 amide bonds. The summed E-state index contributed by atoms with van der Waals surface area (Å²) in [6, 6.07) is 6.53. The lowest BCUT2D eigenvalue weighted by Crippen LogP contribution is -2.28. The number of carboxylic acids is 1. The highest BCUT2D eigenvalue weighted by Crippen LogP contribution is 2.14. The summed E-state index contributed by atoms with van der Waals surface area (Å²) in [6.45, 7) is -1.09. The largest absolute Gasteiger partial charge is 0.481 e. The Hall–Kier alpha value is -1.56. The minimum Gasteiger partial charge on any atom is -0.481 e. The third-order valence-corrected chi connectivity index (χ3v) is 2.10. The molecule has 0 atom stereocenters. The van der Waals surface area contributed by atoms with E-state index in [4.69, 9.17) is 5.11 Å². The normalized spacial score (nSPS) is 11.5. The van der Waals surface area contributed by atoms with E-state index in [-0.39, 0.29) is 13.0 Å². The van der Waals surface area contributed by atoms with E-state index < -0.39 is 18.7 Å². The summed E-state index contributed by atoms with van der Waals surface area (Å²) in [4.78, 5) is 10.6. The molecule has 3 nitrogen and oxygen atoms in total. The van der Waals surface area contributed by atoms with E-state index >= 15 is 0 Å². The Labute approximate surface area is 96.3 Å². The highest BCUT2D eigenvalue weighted by atomic mass is 19.4. The number of carbonyl (C=O) groups is 1. The number of nitrogens with one attached hydrogen (secondary N) is 1. The predicted octanol–water partition coefficient (Wildman–Crippen LogP) is 1.97. The van der Waals surface area contributed by atoms with E-state index in [0.717, 1.165) is 0 Å². The van der Waals surface area contributed by atoms with Gasteiger partial charge in [-0.25, -0.2) is 0 Å². The zero-order valence-electron chi connectivity index (χ0n) is 8.92. The van der Waals surface area contributed by atoms with Crippen molar-refractivity contribution in [3.63, 3.8) is 0 Å². The molecular weight excluding hydrogens is 235 g/mol. The molecule has 94 valence electrons. The highest BCUT2D eigenvalue weighted by molar-refractivity contribution is 5.70. The first-order chi connectivity index (χ1) is 7.88. The van der Waals surface area contributed by atoms with Crippen molar-refractivity contribution in [1.82, 2.24) is 5.32 Å². The van der Waals surface area contributed by atoms with Crippen molar-refractivity contribution in [2.75, 3.05) is 6.54 Å². The molecule has 0 aliphatic carbocycles. The minimum absolute atomic E-state index is 0.00294. The monoisotopic (exact) mass is 247 g/mol. The molecular formula is C11H12F3NO2. The number of rotatable bonds is 5. The van der Waals surface area contributed by atoms with Crippen molar-refractivity contribution in [3.05, 3.63) is 35.4 Å². The van der Waals surface area contributed by atoms with E-state index in [0.29, 0.717) is 11.1 Å². The van der Waals surface area contributed by atoms with Crippen molar-refractivity contribution in [3.8, 4) is 0 Å². The first kappa shape index (κ1) is 13.5. The molecule has 0 saturated heterocycles. The Morgan fingerprint density at radius 1 is 1.24 bits per heavy atom. The van der Waals surface area contributed by atoms with E-state index in [1.807, 2.05) is 0 Å². The molecule has 0 aliphatic rings. The van der Waals surface area contributed by atoms with Gasteiger partial charge < -0.3 is 10.4 Å². The van der Waals surface area contributed by atoms with Gasteiger partial charge in [-0.3, -0.25) is 4.79 Å². The summed E-state index contributed by atoms with van der Waals surface area (Å²) in [5, 5.41) is 10.9. The number of benzene rings is 1. The molecule has 0 saturated carbocycles. The van der Waals surface area contributed by atoms with Gasteiger partial charge in [0.25, 0.3) is 0 Å². The molecule has 1 aromatic carbocycles. The fourth-order valence-electron chi connectivity index (χ4n) is 1.40. The maximum Gasteiger partial charge on any atom is 0.401 e. The first-order valence-corrected chi connectivity index (χ1v) is 4.94. The number of halogens is 3. The zero-order chi connectivity index (χ0) is 12.9. The van der Waals surface area contributed by atoms with Crippen LogP contribution in [0, 0.1) is 0 Å². The third kappa shape index (κ3) is 5.35. The Morgan fingerprint density at radius 3 is 2.35 bits per heavy atom. The van der Waals surface area contributed by atoms with Gasteiger partial charge >= 0.3 is 12.1 Å². The fraction of sp³-hybridized carbons (Fsp3) is 0.364. The summed E-state index contributed by atoms with van der Waals surface area (Å²) in [6.07, 6.45) is -4.45. The number of hydrogen-bond acceptors (Lipinski definition) is 2. The predicted molar refractivity (Wildman–Crippen MR) is 55.5 cm³/mol. The number of hydrogen-bond donors (Lipinski definition) is 2. The van der Waals surface area contributed by atoms with Crippen molar-refractivity contribution in [2.24, 2.45) is 0 Å². The Bertz CT molecular complexity index is 391. The second-order valence-electron chi connectivity index (χ2n) is 3.56. The smallest absolute Gasteiger partial charge is 0.401 e. The second kappa shape index (κ2) is 5.67. The van der Waals surface area contributed by atoms with Crippen molar-refractivity contribution in [2.45, 2.75) is 19.1 Å². The molecule has 0 bridgehead atoms. The van der Waals surface area contributed by atoms with Crippen LogP contribution < -0.4 is 5.32 Å². The summed E-state index contributed by atoms with van der Waals surface area (Å²) in [5.74, 6) is -1.01. The molecule has 0 radical (unpaired) electrons. The summed E-state index contributed by atoms with van der Waals surface area (Å²) in [5.41, 5.74) is 1.09. The molecule has 6 heteroatoms. The maximum atomic E-state index is 11.9. The molecule has 0 aromatic heterocycles. The standard InChI is InChI=1S/C11H12F3NO2/c12-11(13,14)7-15-6-9-4-2-1-3-8(9)5-10(16)17/h1-4,15H,5-7H2,(H,16,17). The molecule has 17 heavy (non-hydrogen) atoms. The van der Waals surface area contributed by atoms with Gasteiger partial charge in [-0.2, -0.15) is 13.2 Å². The van der Waals surface area contributed by atoms with Crippen LogP contribution in [-0.2, 0) is 17.8 Å². The van der Waals surface area contributed by atoms with Crippen LogP contribution in [0.5, 0.6) is 0 Å².